The van der Waals surface area contributed by atoms with E-state index in [1.165, 1.54) is 0 Å². The van der Waals surface area contributed by atoms with Gasteiger partial charge in [0.05, 0.1) is 5.60 Å². The van der Waals surface area contributed by atoms with Crippen LogP contribution in [0.5, 0.6) is 0 Å². The molecule has 1 aromatic rings. The van der Waals surface area contributed by atoms with E-state index >= 15 is 0 Å². The lowest BCUT2D eigenvalue weighted by Crippen LogP contribution is -2.35. The third-order valence-electron chi connectivity index (χ3n) is 3.92. The molecule has 1 saturated carbocycles. The van der Waals surface area contributed by atoms with E-state index < -0.39 is 29.7 Å². The molecule has 21 heavy (non-hydrogen) atoms. The first-order valence-corrected chi connectivity index (χ1v) is 6.97. The van der Waals surface area contributed by atoms with E-state index in [4.69, 9.17) is 9.47 Å². The number of hydrogen-bond acceptors (Lipinski definition) is 5. The van der Waals surface area contributed by atoms with Crippen LogP contribution >= 0.6 is 0 Å². The fraction of sp³-hybridized carbons (Fsp3) is 0.438. The number of fused-ring (bicyclic) bond motifs is 1. The van der Waals surface area contributed by atoms with Crippen LogP contribution < -0.4 is 0 Å². The van der Waals surface area contributed by atoms with Gasteiger partial charge in [0, 0.05) is 11.1 Å². The van der Waals surface area contributed by atoms with Crippen molar-refractivity contribution in [2.24, 2.45) is 0 Å². The molecule has 5 heteroatoms. The standard InChI is InChI=1S/C16H16O5/c1-9(21-16(2)7-8-16)15(19)20-14-12(17)10-5-3-4-6-11(10)13(14)18/h3-6,9,14H,7-8H2,1-2H3. The molecular formula is C16H16O5. The molecular weight excluding hydrogens is 272 g/mol. The highest BCUT2D eigenvalue weighted by molar-refractivity contribution is 6.29. The number of Topliss-reactive ketones (excluding diaryl/α,β-unsaturated/α-hetero) is 2. The molecule has 1 atom stereocenters. The number of esters is 1. The van der Waals surface area contributed by atoms with Gasteiger partial charge >= 0.3 is 5.97 Å². The van der Waals surface area contributed by atoms with Gasteiger partial charge in [-0.25, -0.2) is 4.79 Å². The first-order chi connectivity index (χ1) is 9.91. The summed E-state index contributed by atoms with van der Waals surface area (Å²) in [5, 5.41) is 0. The number of carbonyl (C=O) groups excluding carboxylic acids is 3. The Kier molecular flexibility index (Phi) is 3.17. The van der Waals surface area contributed by atoms with Crippen molar-refractivity contribution < 1.29 is 23.9 Å². The second-order valence-corrected chi connectivity index (χ2v) is 5.80. The predicted octanol–water partition coefficient (Wildman–Crippen LogP) is 1.94. The van der Waals surface area contributed by atoms with Gasteiger partial charge in [0.15, 0.2) is 6.10 Å². The summed E-state index contributed by atoms with van der Waals surface area (Å²) in [6.07, 6.45) is -0.357. The second-order valence-electron chi connectivity index (χ2n) is 5.80. The van der Waals surface area contributed by atoms with Crippen molar-refractivity contribution in [2.45, 2.75) is 44.5 Å². The molecule has 0 spiro atoms. The van der Waals surface area contributed by atoms with Crippen LogP contribution in [0.2, 0.25) is 0 Å². The molecule has 1 unspecified atom stereocenters. The Labute approximate surface area is 122 Å². The van der Waals surface area contributed by atoms with Crippen LogP contribution in [0.4, 0.5) is 0 Å². The zero-order valence-corrected chi connectivity index (χ0v) is 11.9. The summed E-state index contributed by atoms with van der Waals surface area (Å²) in [4.78, 5) is 36.2. The van der Waals surface area contributed by atoms with Gasteiger partial charge in [-0.15, -0.1) is 0 Å². The largest absolute Gasteiger partial charge is 0.443 e. The lowest BCUT2D eigenvalue weighted by molar-refractivity contribution is -0.162. The minimum Gasteiger partial charge on any atom is -0.443 e. The maximum absolute atomic E-state index is 12.1. The van der Waals surface area contributed by atoms with Gasteiger partial charge in [0.2, 0.25) is 17.7 Å². The SMILES string of the molecule is CC(OC1(C)CC1)C(=O)OC1C(=O)c2ccccc2C1=O. The van der Waals surface area contributed by atoms with Gasteiger partial charge in [-0.3, -0.25) is 9.59 Å². The molecule has 110 valence electrons. The molecule has 1 aromatic carbocycles. The van der Waals surface area contributed by atoms with Gasteiger partial charge in [-0.2, -0.15) is 0 Å². The van der Waals surface area contributed by atoms with Gasteiger partial charge in [-0.1, -0.05) is 24.3 Å². The molecule has 0 heterocycles. The topological polar surface area (TPSA) is 69.7 Å². The molecule has 0 amide bonds. The van der Waals surface area contributed by atoms with Crippen LogP contribution in [0.15, 0.2) is 24.3 Å². The molecule has 3 rings (SSSR count). The number of benzene rings is 1. The number of carbonyl (C=O) groups is 3. The van der Waals surface area contributed by atoms with Crippen LogP contribution in [-0.2, 0) is 14.3 Å². The highest BCUT2D eigenvalue weighted by atomic mass is 16.6. The van der Waals surface area contributed by atoms with Crippen molar-refractivity contribution in [1.82, 2.24) is 0 Å². The van der Waals surface area contributed by atoms with Crippen LogP contribution in [0, 0.1) is 0 Å². The summed E-state index contributed by atoms with van der Waals surface area (Å²) in [7, 11) is 0. The number of ketones is 2. The van der Waals surface area contributed by atoms with Crippen molar-refractivity contribution in [3.05, 3.63) is 35.4 Å². The molecule has 0 bridgehead atoms. The molecule has 0 aromatic heterocycles. The summed E-state index contributed by atoms with van der Waals surface area (Å²) in [6, 6.07) is 6.48. The summed E-state index contributed by atoms with van der Waals surface area (Å²) in [6.45, 7) is 3.49. The molecule has 1 fully saturated rings. The minimum atomic E-state index is -1.37. The monoisotopic (exact) mass is 288 g/mol. The van der Waals surface area contributed by atoms with E-state index in [-0.39, 0.29) is 5.60 Å². The van der Waals surface area contributed by atoms with E-state index in [2.05, 4.69) is 0 Å². The lowest BCUT2D eigenvalue weighted by Gasteiger charge is -2.18. The third kappa shape index (κ3) is 2.49. The summed E-state index contributed by atoms with van der Waals surface area (Å²) < 4.78 is 10.7. The van der Waals surface area contributed by atoms with E-state index in [1.807, 2.05) is 6.92 Å². The Bertz CT molecular complexity index is 594. The zero-order valence-electron chi connectivity index (χ0n) is 11.9. The molecule has 2 aliphatic carbocycles. The van der Waals surface area contributed by atoms with E-state index in [9.17, 15) is 14.4 Å². The molecule has 0 aliphatic heterocycles. The van der Waals surface area contributed by atoms with Crippen molar-refractivity contribution in [1.29, 1.82) is 0 Å². The first kappa shape index (κ1) is 13.9. The second kappa shape index (κ2) is 4.77. The Morgan fingerprint density at radius 2 is 1.71 bits per heavy atom. The van der Waals surface area contributed by atoms with Gasteiger partial charge in [0.1, 0.15) is 0 Å². The van der Waals surface area contributed by atoms with E-state index in [0.717, 1.165) is 12.8 Å². The quantitative estimate of drug-likeness (QED) is 0.625. The predicted molar refractivity (Wildman–Crippen MR) is 73.2 cm³/mol. The fourth-order valence-electron chi connectivity index (χ4n) is 2.40. The Hall–Kier alpha value is -2.01. The van der Waals surface area contributed by atoms with Crippen molar-refractivity contribution in [3.8, 4) is 0 Å². The van der Waals surface area contributed by atoms with Gasteiger partial charge in [0.25, 0.3) is 0 Å². The van der Waals surface area contributed by atoms with Gasteiger partial charge in [-0.05, 0) is 26.7 Å². The van der Waals surface area contributed by atoms with Crippen molar-refractivity contribution in [3.63, 3.8) is 0 Å². The van der Waals surface area contributed by atoms with Crippen LogP contribution in [-0.4, -0.2) is 35.3 Å². The summed E-state index contributed by atoms with van der Waals surface area (Å²) >= 11 is 0. The highest BCUT2D eigenvalue weighted by Crippen LogP contribution is 2.39. The molecule has 0 saturated heterocycles. The van der Waals surface area contributed by atoms with Crippen molar-refractivity contribution >= 4 is 17.5 Å². The maximum atomic E-state index is 12.1. The van der Waals surface area contributed by atoms with Crippen LogP contribution in [0.25, 0.3) is 0 Å². The zero-order chi connectivity index (χ0) is 15.2. The van der Waals surface area contributed by atoms with Gasteiger partial charge < -0.3 is 9.47 Å². The fourth-order valence-corrected chi connectivity index (χ4v) is 2.40. The normalized spacial score (nSPS) is 21.0. The minimum absolute atomic E-state index is 0.273. The third-order valence-corrected chi connectivity index (χ3v) is 3.92. The number of hydrogen-bond donors (Lipinski definition) is 0. The highest BCUT2D eigenvalue weighted by Gasteiger charge is 2.44. The molecule has 0 radical (unpaired) electrons. The average Bonchev–Trinajstić information content (AvgIpc) is 3.14. The summed E-state index contributed by atoms with van der Waals surface area (Å²) in [5.41, 5.74) is 0.344. The number of rotatable bonds is 4. The maximum Gasteiger partial charge on any atom is 0.336 e. The van der Waals surface area contributed by atoms with E-state index in [0.29, 0.717) is 11.1 Å². The molecule has 2 aliphatic rings. The van der Waals surface area contributed by atoms with Crippen molar-refractivity contribution in [2.75, 3.05) is 0 Å². The Morgan fingerprint density at radius 1 is 1.19 bits per heavy atom. The molecule has 0 N–H and O–H groups in total. The summed E-state index contributed by atoms with van der Waals surface area (Å²) in [5.74, 6) is -1.61. The lowest BCUT2D eigenvalue weighted by atomic mass is 10.1. The molecule has 5 nitrogen and oxygen atoms in total. The first-order valence-electron chi connectivity index (χ1n) is 6.97. The Balaban J connectivity index is 1.70. The number of ether oxygens (including phenoxy) is 2. The smallest absolute Gasteiger partial charge is 0.336 e. The average molecular weight is 288 g/mol. The van der Waals surface area contributed by atoms with Crippen LogP contribution in [0.1, 0.15) is 47.4 Å². The Morgan fingerprint density at radius 3 is 2.19 bits per heavy atom. The van der Waals surface area contributed by atoms with Crippen LogP contribution in [0.3, 0.4) is 0 Å². The van der Waals surface area contributed by atoms with E-state index in [1.54, 1.807) is 31.2 Å².